The zero-order valence-electron chi connectivity index (χ0n) is 11.1. The second kappa shape index (κ2) is 7.19. The molecule has 2 unspecified atom stereocenters. The van der Waals surface area contributed by atoms with Gasteiger partial charge in [0.15, 0.2) is 0 Å². The van der Waals surface area contributed by atoms with Crippen LogP contribution in [-0.4, -0.2) is 23.2 Å². The highest BCUT2D eigenvalue weighted by Crippen LogP contribution is 2.23. The zero-order chi connectivity index (χ0) is 13.6. The molecule has 1 N–H and O–H groups in total. The van der Waals surface area contributed by atoms with Crippen molar-refractivity contribution in [3.8, 4) is 0 Å². The number of amides is 1. The monoisotopic (exact) mass is 329 g/mol. The van der Waals surface area contributed by atoms with E-state index < -0.39 is 0 Å². The van der Waals surface area contributed by atoms with E-state index in [9.17, 15) is 4.79 Å². The van der Waals surface area contributed by atoms with Crippen LogP contribution in [0, 0.1) is 5.92 Å². The predicted molar refractivity (Wildman–Crippen MR) is 83.3 cm³/mol. The molecule has 0 aliphatic heterocycles. The molecule has 1 rings (SSSR count). The normalized spacial score (nSPS) is 15.8. The van der Waals surface area contributed by atoms with Gasteiger partial charge in [0.1, 0.15) is 0 Å². The molecule has 1 aromatic carbocycles. The zero-order valence-corrected chi connectivity index (χ0v) is 13.5. The summed E-state index contributed by atoms with van der Waals surface area (Å²) in [5.41, 5.74) is 0.761. The number of carbonyl (C=O) groups excluding carboxylic acids is 1. The quantitative estimate of drug-likeness (QED) is 0.810. The standard InChI is InChI=1S/C14H20BrNOS/c1-11(9-18-3)13(17)16-14(2,10-15)12-7-5-4-6-8-12/h4-8,11H,9-10H2,1-3H3,(H,16,17). The van der Waals surface area contributed by atoms with E-state index in [0.29, 0.717) is 5.33 Å². The lowest BCUT2D eigenvalue weighted by molar-refractivity contribution is -0.125. The van der Waals surface area contributed by atoms with Gasteiger partial charge in [-0.2, -0.15) is 11.8 Å². The lowest BCUT2D eigenvalue weighted by atomic mass is 9.93. The summed E-state index contributed by atoms with van der Waals surface area (Å²) in [7, 11) is 0. The first-order valence-electron chi connectivity index (χ1n) is 5.96. The van der Waals surface area contributed by atoms with Crippen molar-refractivity contribution in [3.63, 3.8) is 0 Å². The largest absolute Gasteiger partial charge is 0.346 e. The number of carbonyl (C=O) groups is 1. The molecule has 0 aromatic heterocycles. The van der Waals surface area contributed by atoms with Gasteiger partial charge in [0.25, 0.3) is 0 Å². The van der Waals surface area contributed by atoms with Crippen molar-refractivity contribution in [1.82, 2.24) is 5.32 Å². The van der Waals surface area contributed by atoms with E-state index in [2.05, 4.69) is 21.2 Å². The maximum Gasteiger partial charge on any atom is 0.224 e. The fourth-order valence-corrected chi connectivity index (χ4v) is 2.82. The molecule has 0 spiro atoms. The van der Waals surface area contributed by atoms with Gasteiger partial charge in [0.05, 0.1) is 5.54 Å². The summed E-state index contributed by atoms with van der Waals surface area (Å²) < 4.78 is 0. The third kappa shape index (κ3) is 4.02. The average Bonchev–Trinajstić information content (AvgIpc) is 2.39. The first kappa shape index (κ1) is 15.6. The summed E-state index contributed by atoms with van der Waals surface area (Å²) in [6.45, 7) is 4.01. The summed E-state index contributed by atoms with van der Waals surface area (Å²) in [5, 5.41) is 3.84. The second-order valence-electron chi connectivity index (χ2n) is 4.68. The Labute approximate surface area is 122 Å². The number of halogens is 1. The molecule has 0 saturated carbocycles. The smallest absolute Gasteiger partial charge is 0.224 e. The third-order valence-corrected chi connectivity index (χ3v) is 4.90. The van der Waals surface area contributed by atoms with E-state index in [1.807, 2.05) is 50.4 Å². The minimum atomic E-state index is -0.356. The number of hydrogen-bond acceptors (Lipinski definition) is 2. The van der Waals surface area contributed by atoms with Crippen molar-refractivity contribution in [1.29, 1.82) is 0 Å². The van der Waals surface area contributed by atoms with Crippen LogP contribution in [0.5, 0.6) is 0 Å². The highest BCUT2D eigenvalue weighted by atomic mass is 79.9. The molecule has 0 heterocycles. The van der Waals surface area contributed by atoms with Gasteiger partial charge in [0.2, 0.25) is 5.91 Å². The number of alkyl halides is 1. The van der Waals surface area contributed by atoms with Gasteiger partial charge in [-0.05, 0) is 18.7 Å². The van der Waals surface area contributed by atoms with Crippen molar-refractivity contribution in [2.45, 2.75) is 19.4 Å². The van der Waals surface area contributed by atoms with E-state index in [1.54, 1.807) is 11.8 Å². The van der Waals surface area contributed by atoms with Gasteiger partial charge >= 0.3 is 0 Å². The van der Waals surface area contributed by atoms with Gasteiger partial charge < -0.3 is 5.32 Å². The van der Waals surface area contributed by atoms with Crippen LogP contribution >= 0.6 is 27.7 Å². The van der Waals surface area contributed by atoms with Gasteiger partial charge in [-0.15, -0.1) is 0 Å². The molecule has 4 heteroatoms. The summed E-state index contributed by atoms with van der Waals surface area (Å²) in [5.74, 6) is 0.983. The van der Waals surface area contributed by atoms with E-state index in [-0.39, 0.29) is 17.4 Å². The number of hydrogen-bond donors (Lipinski definition) is 1. The Morgan fingerprint density at radius 1 is 1.44 bits per heavy atom. The molecule has 0 fully saturated rings. The number of thioether (sulfide) groups is 1. The third-order valence-electron chi connectivity index (χ3n) is 2.94. The highest BCUT2D eigenvalue weighted by Gasteiger charge is 2.28. The lowest BCUT2D eigenvalue weighted by Gasteiger charge is -2.30. The first-order chi connectivity index (χ1) is 8.53. The van der Waals surface area contributed by atoms with Crippen molar-refractivity contribution in [2.24, 2.45) is 5.92 Å². The molecule has 1 aromatic rings. The Hall–Kier alpha value is -0.480. The van der Waals surface area contributed by atoms with E-state index in [0.717, 1.165) is 11.3 Å². The average molecular weight is 330 g/mol. The molecular formula is C14H20BrNOS. The molecule has 2 atom stereocenters. The van der Waals surface area contributed by atoms with E-state index in [1.165, 1.54) is 0 Å². The molecule has 0 aliphatic carbocycles. The molecule has 0 radical (unpaired) electrons. The van der Waals surface area contributed by atoms with E-state index >= 15 is 0 Å². The van der Waals surface area contributed by atoms with Crippen molar-refractivity contribution < 1.29 is 4.79 Å². The fourth-order valence-electron chi connectivity index (χ4n) is 1.71. The Morgan fingerprint density at radius 3 is 2.56 bits per heavy atom. The molecule has 0 bridgehead atoms. The SMILES string of the molecule is CSCC(C)C(=O)NC(C)(CBr)c1ccccc1. The van der Waals surface area contributed by atoms with Crippen LogP contribution in [0.25, 0.3) is 0 Å². The second-order valence-corrected chi connectivity index (χ2v) is 6.15. The molecule has 2 nitrogen and oxygen atoms in total. The summed E-state index contributed by atoms with van der Waals surface area (Å²) in [6, 6.07) is 10.1. The maximum absolute atomic E-state index is 12.1. The van der Waals surface area contributed by atoms with Crippen LogP contribution in [0.15, 0.2) is 30.3 Å². The van der Waals surface area contributed by atoms with Crippen LogP contribution in [-0.2, 0) is 10.3 Å². The van der Waals surface area contributed by atoms with Crippen LogP contribution in [0.3, 0.4) is 0 Å². The predicted octanol–water partition coefficient (Wildman–Crippen LogP) is 3.41. The fraction of sp³-hybridized carbons (Fsp3) is 0.500. The van der Waals surface area contributed by atoms with Crippen molar-refractivity contribution in [3.05, 3.63) is 35.9 Å². The summed E-state index contributed by atoms with van der Waals surface area (Å²) >= 11 is 5.20. The van der Waals surface area contributed by atoms with Crippen molar-refractivity contribution in [2.75, 3.05) is 17.3 Å². The Kier molecular flexibility index (Phi) is 6.22. The lowest BCUT2D eigenvalue weighted by Crippen LogP contribution is -2.47. The van der Waals surface area contributed by atoms with Gasteiger partial charge in [-0.3, -0.25) is 4.79 Å². The molecule has 18 heavy (non-hydrogen) atoms. The number of benzene rings is 1. The van der Waals surface area contributed by atoms with E-state index in [4.69, 9.17) is 0 Å². The molecular weight excluding hydrogens is 310 g/mol. The molecule has 1 amide bonds. The van der Waals surface area contributed by atoms with Crippen LogP contribution in [0.2, 0.25) is 0 Å². The van der Waals surface area contributed by atoms with Crippen LogP contribution in [0.4, 0.5) is 0 Å². The first-order valence-corrected chi connectivity index (χ1v) is 8.47. The van der Waals surface area contributed by atoms with Gasteiger partial charge in [-0.25, -0.2) is 0 Å². The maximum atomic E-state index is 12.1. The summed E-state index contributed by atoms with van der Waals surface area (Å²) in [6.07, 6.45) is 2.02. The Bertz CT molecular complexity index is 385. The number of rotatable bonds is 6. The minimum absolute atomic E-state index is 0.0297. The molecule has 0 aliphatic rings. The van der Waals surface area contributed by atoms with Gasteiger partial charge in [0, 0.05) is 17.0 Å². The van der Waals surface area contributed by atoms with Crippen LogP contribution in [0.1, 0.15) is 19.4 Å². The Balaban J connectivity index is 2.81. The van der Waals surface area contributed by atoms with Crippen LogP contribution < -0.4 is 5.32 Å². The van der Waals surface area contributed by atoms with Crippen molar-refractivity contribution >= 4 is 33.6 Å². The molecule has 100 valence electrons. The Morgan fingerprint density at radius 2 is 2.06 bits per heavy atom. The number of nitrogens with one attached hydrogen (secondary N) is 1. The molecule has 0 saturated heterocycles. The highest BCUT2D eigenvalue weighted by molar-refractivity contribution is 9.09. The topological polar surface area (TPSA) is 29.1 Å². The van der Waals surface area contributed by atoms with Gasteiger partial charge in [-0.1, -0.05) is 53.2 Å². The minimum Gasteiger partial charge on any atom is -0.346 e. The summed E-state index contributed by atoms with van der Waals surface area (Å²) in [4.78, 5) is 12.1.